The van der Waals surface area contributed by atoms with Crippen LogP contribution in [0, 0.1) is 17.6 Å². The van der Waals surface area contributed by atoms with Crippen molar-refractivity contribution in [3.05, 3.63) is 35.4 Å². The van der Waals surface area contributed by atoms with Crippen molar-refractivity contribution >= 4 is 17.4 Å². The average molecular weight is 495 g/mol. The molecule has 7 nitrogen and oxygen atoms in total. The zero-order valence-electron chi connectivity index (χ0n) is 20.5. The smallest absolute Gasteiger partial charge is 0.306 e. The second-order valence-corrected chi connectivity index (χ2v) is 9.16. The van der Waals surface area contributed by atoms with E-state index in [2.05, 4.69) is 10.6 Å². The van der Waals surface area contributed by atoms with Gasteiger partial charge in [-0.1, -0.05) is 19.9 Å². The molecule has 3 aliphatic rings. The maximum atomic E-state index is 14.4. The van der Waals surface area contributed by atoms with Gasteiger partial charge in [-0.2, -0.15) is 0 Å². The van der Waals surface area contributed by atoms with Gasteiger partial charge in [0.05, 0.1) is 25.2 Å². The van der Waals surface area contributed by atoms with E-state index in [-0.39, 0.29) is 42.9 Å². The number of ether oxygens (including phenoxy) is 2. The highest BCUT2D eigenvalue weighted by Gasteiger charge is 2.46. The van der Waals surface area contributed by atoms with E-state index in [1.807, 2.05) is 19.9 Å². The summed E-state index contributed by atoms with van der Waals surface area (Å²) in [4.78, 5) is 22.6. The van der Waals surface area contributed by atoms with Crippen LogP contribution in [0.25, 0.3) is 5.57 Å². The average Bonchev–Trinajstić information content (AvgIpc) is 3.21. The van der Waals surface area contributed by atoms with E-state index in [0.717, 1.165) is 50.3 Å². The second-order valence-electron chi connectivity index (χ2n) is 9.16. The van der Waals surface area contributed by atoms with E-state index in [1.165, 1.54) is 6.07 Å². The quantitative estimate of drug-likeness (QED) is 0.505. The summed E-state index contributed by atoms with van der Waals surface area (Å²) >= 11 is 0. The monoisotopic (exact) mass is 494 g/mol. The number of carbonyl (C=O) groups excluding carboxylic acids is 1. The summed E-state index contributed by atoms with van der Waals surface area (Å²) in [5.74, 6) is -2.28. The first-order valence-corrected chi connectivity index (χ1v) is 12.5. The molecule has 2 fully saturated rings. The van der Waals surface area contributed by atoms with Gasteiger partial charge in [0, 0.05) is 17.7 Å². The molecule has 0 radical (unpaired) electrons. The number of hydrogen-bond donors (Lipinski definition) is 3. The lowest BCUT2D eigenvalue weighted by Crippen LogP contribution is -2.62. The van der Waals surface area contributed by atoms with E-state index in [1.54, 1.807) is 0 Å². The molecule has 4 rings (SSSR count). The van der Waals surface area contributed by atoms with Gasteiger partial charge in [0.25, 0.3) is 0 Å². The van der Waals surface area contributed by atoms with Crippen molar-refractivity contribution in [1.82, 2.24) is 10.6 Å². The molecule has 1 aromatic carbocycles. The van der Waals surface area contributed by atoms with Gasteiger partial charge in [-0.3, -0.25) is 9.59 Å². The summed E-state index contributed by atoms with van der Waals surface area (Å²) in [7, 11) is 0. The normalized spacial score (nSPS) is 25.9. The predicted octanol–water partition coefficient (Wildman–Crippen LogP) is 4.06. The van der Waals surface area contributed by atoms with Crippen molar-refractivity contribution in [2.75, 3.05) is 26.4 Å². The van der Waals surface area contributed by atoms with Gasteiger partial charge in [-0.15, -0.1) is 0 Å². The Morgan fingerprint density at radius 2 is 2.09 bits per heavy atom. The Kier molecular flexibility index (Phi) is 9.63. The van der Waals surface area contributed by atoms with Crippen molar-refractivity contribution in [2.24, 2.45) is 5.92 Å². The number of amides is 1. The third kappa shape index (κ3) is 6.79. The van der Waals surface area contributed by atoms with Crippen molar-refractivity contribution in [1.29, 1.82) is 0 Å². The van der Waals surface area contributed by atoms with Gasteiger partial charge in [0.15, 0.2) is 11.6 Å². The summed E-state index contributed by atoms with van der Waals surface area (Å²) in [6.45, 7) is 5.31. The van der Waals surface area contributed by atoms with Gasteiger partial charge in [0.1, 0.15) is 12.4 Å². The Bertz CT molecular complexity index is 939. The highest BCUT2D eigenvalue weighted by atomic mass is 19.1. The topological polar surface area (TPSA) is 96.9 Å². The lowest BCUT2D eigenvalue weighted by molar-refractivity contribution is -0.137. The summed E-state index contributed by atoms with van der Waals surface area (Å²) < 4.78 is 39.2. The highest BCUT2D eigenvalue weighted by molar-refractivity contribution is 5.79. The molecule has 1 aromatic rings. The maximum absolute atomic E-state index is 14.4. The van der Waals surface area contributed by atoms with Crippen LogP contribution in [0.2, 0.25) is 0 Å². The molecule has 0 bridgehead atoms. The molecule has 9 heteroatoms. The van der Waals surface area contributed by atoms with Crippen LogP contribution in [0.4, 0.5) is 8.78 Å². The Hall–Kier alpha value is -2.52. The largest absolute Gasteiger partial charge is 0.489 e. The van der Waals surface area contributed by atoms with E-state index in [9.17, 15) is 18.4 Å². The summed E-state index contributed by atoms with van der Waals surface area (Å²) in [5, 5.41) is 15.4. The molecular formula is C26H36F2N2O5. The molecule has 2 aliphatic heterocycles. The van der Waals surface area contributed by atoms with Crippen molar-refractivity contribution < 1.29 is 33.0 Å². The minimum absolute atomic E-state index is 0.0658. The molecule has 1 aliphatic carbocycles. The van der Waals surface area contributed by atoms with Crippen LogP contribution in [-0.4, -0.2) is 54.9 Å². The van der Waals surface area contributed by atoms with E-state index < -0.39 is 17.6 Å². The van der Waals surface area contributed by atoms with Crippen LogP contribution >= 0.6 is 0 Å². The van der Waals surface area contributed by atoms with Crippen LogP contribution in [0.3, 0.4) is 0 Å². The van der Waals surface area contributed by atoms with Gasteiger partial charge in [0.2, 0.25) is 5.91 Å². The number of carbonyl (C=O) groups is 2. The van der Waals surface area contributed by atoms with Crippen LogP contribution in [0.1, 0.15) is 64.4 Å². The molecule has 194 valence electrons. The number of carboxylic acid groups (broad SMARTS) is 1. The third-order valence-electron chi connectivity index (χ3n) is 6.91. The number of halogens is 2. The Morgan fingerprint density at radius 1 is 1.29 bits per heavy atom. The minimum Gasteiger partial charge on any atom is -0.489 e. The Balaban J connectivity index is 0.00000167. The number of carboxylic acids is 1. The first kappa shape index (κ1) is 27.1. The molecular weight excluding hydrogens is 458 g/mol. The van der Waals surface area contributed by atoms with Gasteiger partial charge < -0.3 is 25.2 Å². The number of nitrogens with one attached hydrogen (secondary N) is 2. The summed E-state index contributed by atoms with van der Waals surface area (Å²) in [5.41, 5.74) is 0.847. The molecule has 35 heavy (non-hydrogen) atoms. The Morgan fingerprint density at radius 3 is 2.77 bits per heavy atom. The van der Waals surface area contributed by atoms with Crippen molar-refractivity contribution in [3.63, 3.8) is 0 Å². The summed E-state index contributed by atoms with van der Waals surface area (Å²) in [6, 6.07) is 2.17. The highest BCUT2D eigenvalue weighted by Crippen LogP contribution is 2.39. The molecule has 0 aromatic heterocycles. The zero-order valence-corrected chi connectivity index (χ0v) is 20.5. The van der Waals surface area contributed by atoms with Gasteiger partial charge >= 0.3 is 5.97 Å². The fraction of sp³-hybridized carbons (Fsp3) is 0.615. The van der Waals surface area contributed by atoms with E-state index in [0.29, 0.717) is 24.5 Å². The second kappa shape index (κ2) is 12.4. The van der Waals surface area contributed by atoms with Crippen LogP contribution < -0.4 is 15.4 Å². The van der Waals surface area contributed by atoms with Crippen molar-refractivity contribution in [2.45, 2.75) is 70.4 Å². The van der Waals surface area contributed by atoms with E-state index >= 15 is 0 Å². The van der Waals surface area contributed by atoms with Crippen LogP contribution in [0.15, 0.2) is 18.2 Å². The lowest BCUT2D eigenvalue weighted by atomic mass is 9.80. The molecule has 3 N–H and O–H groups in total. The molecule has 2 heterocycles. The number of hydrogen-bond acceptors (Lipinski definition) is 5. The standard InChI is InChI=1S/C24H30F2N2O5.C2H6/c25-17-11-18(23(19(26)12-17)33-10-7-22(30)31)16-4-1-15(2-5-16)3-6-20-24(8-9-27-20)14-32-13-21(29)28-24;1-2/h4,11-12,15,20,27H,1-3,5-10,13-14H2,(H,28,29)(H,30,31);1-2H3. The number of allylic oxidation sites excluding steroid dienone is 2. The fourth-order valence-corrected chi connectivity index (χ4v) is 5.20. The first-order chi connectivity index (χ1) is 16.9. The Labute approximate surface area is 205 Å². The van der Waals surface area contributed by atoms with Crippen molar-refractivity contribution in [3.8, 4) is 5.75 Å². The minimum atomic E-state index is -1.04. The molecule has 1 spiro atoms. The SMILES string of the molecule is CC.O=C(O)CCOc1c(F)cc(F)cc1C1=CCC(CCC2NCCC23COCC(=O)N3)CC1. The van der Waals surface area contributed by atoms with Crippen LogP contribution in [-0.2, 0) is 14.3 Å². The number of benzene rings is 1. The zero-order chi connectivity index (χ0) is 25.4. The molecule has 2 saturated heterocycles. The summed E-state index contributed by atoms with van der Waals surface area (Å²) in [6.07, 6.45) is 6.80. The number of rotatable bonds is 8. The predicted molar refractivity (Wildman–Crippen MR) is 128 cm³/mol. The maximum Gasteiger partial charge on any atom is 0.306 e. The van der Waals surface area contributed by atoms with Gasteiger partial charge in [-0.05, 0) is 62.6 Å². The first-order valence-electron chi connectivity index (χ1n) is 12.5. The van der Waals surface area contributed by atoms with Gasteiger partial charge in [-0.25, -0.2) is 8.78 Å². The van der Waals surface area contributed by atoms with Crippen LogP contribution in [0.5, 0.6) is 5.75 Å². The third-order valence-corrected chi connectivity index (χ3v) is 6.91. The molecule has 3 atom stereocenters. The molecule has 3 unspecified atom stereocenters. The molecule has 0 saturated carbocycles. The van der Waals surface area contributed by atoms with E-state index in [4.69, 9.17) is 14.6 Å². The lowest BCUT2D eigenvalue weighted by Gasteiger charge is -2.39. The molecule has 1 amide bonds. The fourth-order valence-electron chi connectivity index (χ4n) is 5.20. The number of aliphatic carboxylic acids is 1. The number of morpholine rings is 1.